The zero-order valence-electron chi connectivity index (χ0n) is 38.9. The molecular weight excluding hydrogens is 681 g/mol. The van der Waals surface area contributed by atoms with Crippen LogP contribution in [0.2, 0.25) is 0 Å². The Morgan fingerprint density at radius 2 is 1.00 bits per heavy atom. The molecule has 0 saturated heterocycles. The standard InChI is InChI=1S/C54H94O2/c1-34(2)13-11-15-36(5)44-21-23-46-42-19-17-38-32-41(25-28-51(38,7)48(42)26-29-52(44,46)8)56-50-33-40(55)31-39-18-20-43-47-24-22-45(37(6)16-12-14-35(3)4)53(47,9)30-27-49(43)54(39,50)10/h34-50,55H,11-33H2,1-10H3/t36-,37-,38?,39?,40-,41+,42+,43+,44-,45-,46+,47+,48+,49+,50?,51+,52-,53-,54+/m1/s1. The van der Waals surface area contributed by atoms with Gasteiger partial charge in [-0.1, -0.05) is 108 Å². The number of hydrogen-bond acceptors (Lipinski definition) is 2. The lowest BCUT2D eigenvalue weighted by Crippen LogP contribution is -2.61. The van der Waals surface area contributed by atoms with Gasteiger partial charge in [-0.3, -0.25) is 0 Å². The van der Waals surface area contributed by atoms with E-state index in [4.69, 9.17) is 4.74 Å². The molecule has 2 heteroatoms. The summed E-state index contributed by atoms with van der Waals surface area (Å²) in [6, 6.07) is 0. The van der Waals surface area contributed by atoms with E-state index in [1.54, 1.807) is 0 Å². The van der Waals surface area contributed by atoms with E-state index in [1.165, 1.54) is 135 Å². The predicted molar refractivity (Wildman–Crippen MR) is 236 cm³/mol. The molecule has 3 unspecified atom stereocenters. The second-order valence-electron chi connectivity index (χ2n) is 25.4. The van der Waals surface area contributed by atoms with E-state index < -0.39 is 0 Å². The van der Waals surface area contributed by atoms with Crippen molar-refractivity contribution in [1.29, 1.82) is 0 Å². The number of fused-ring (bicyclic) bond motifs is 10. The van der Waals surface area contributed by atoms with E-state index in [0.29, 0.717) is 28.3 Å². The van der Waals surface area contributed by atoms with Crippen LogP contribution in [-0.4, -0.2) is 23.4 Å². The van der Waals surface area contributed by atoms with E-state index in [0.717, 1.165) is 89.8 Å². The van der Waals surface area contributed by atoms with Crippen molar-refractivity contribution in [3.05, 3.63) is 0 Å². The number of aliphatic hydroxyl groups is 1. The fraction of sp³-hybridized carbons (Fsp3) is 1.00. The second-order valence-corrected chi connectivity index (χ2v) is 25.4. The molecule has 56 heavy (non-hydrogen) atoms. The van der Waals surface area contributed by atoms with Crippen molar-refractivity contribution in [3.63, 3.8) is 0 Å². The van der Waals surface area contributed by atoms with Gasteiger partial charge in [0, 0.05) is 6.42 Å². The summed E-state index contributed by atoms with van der Waals surface area (Å²) in [7, 11) is 0. The quantitative estimate of drug-likeness (QED) is 0.214. The lowest BCUT2D eigenvalue weighted by Gasteiger charge is -2.64. The van der Waals surface area contributed by atoms with Gasteiger partial charge in [0.05, 0.1) is 18.3 Å². The van der Waals surface area contributed by atoms with E-state index in [9.17, 15) is 5.11 Å². The summed E-state index contributed by atoms with van der Waals surface area (Å²) in [4.78, 5) is 0. The molecule has 2 nitrogen and oxygen atoms in total. The summed E-state index contributed by atoms with van der Waals surface area (Å²) >= 11 is 0. The van der Waals surface area contributed by atoms with Gasteiger partial charge in [0.15, 0.2) is 0 Å². The largest absolute Gasteiger partial charge is 0.393 e. The lowest BCUT2D eigenvalue weighted by molar-refractivity contribution is -0.223. The fourth-order valence-electron chi connectivity index (χ4n) is 19.1. The molecule has 322 valence electrons. The van der Waals surface area contributed by atoms with E-state index in [-0.39, 0.29) is 17.6 Å². The Morgan fingerprint density at radius 3 is 1.57 bits per heavy atom. The number of hydrogen-bond donors (Lipinski definition) is 1. The van der Waals surface area contributed by atoms with Crippen LogP contribution in [-0.2, 0) is 4.74 Å². The van der Waals surface area contributed by atoms with E-state index in [1.807, 2.05) is 0 Å². The van der Waals surface area contributed by atoms with Gasteiger partial charge in [-0.2, -0.15) is 0 Å². The van der Waals surface area contributed by atoms with Crippen molar-refractivity contribution in [2.75, 3.05) is 0 Å². The molecule has 8 aliphatic carbocycles. The minimum absolute atomic E-state index is 0.167. The summed E-state index contributed by atoms with van der Waals surface area (Å²) < 4.78 is 7.63. The van der Waals surface area contributed by atoms with Crippen molar-refractivity contribution < 1.29 is 9.84 Å². The van der Waals surface area contributed by atoms with Crippen molar-refractivity contribution in [2.24, 2.45) is 105 Å². The summed E-state index contributed by atoms with van der Waals surface area (Å²) in [5.74, 6) is 12.3. The highest BCUT2D eigenvalue weighted by atomic mass is 16.5. The van der Waals surface area contributed by atoms with Gasteiger partial charge in [-0.05, 0) is 207 Å². The van der Waals surface area contributed by atoms with Crippen LogP contribution in [0.1, 0.15) is 217 Å². The summed E-state index contributed by atoms with van der Waals surface area (Å²) in [6.07, 6.45) is 32.5. The van der Waals surface area contributed by atoms with Crippen LogP contribution in [0.25, 0.3) is 0 Å². The maximum atomic E-state index is 11.4. The number of aliphatic hydroxyl groups excluding tert-OH is 1. The van der Waals surface area contributed by atoms with Gasteiger partial charge < -0.3 is 9.84 Å². The molecule has 8 fully saturated rings. The molecule has 0 heterocycles. The van der Waals surface area contributed by atoms with Crippen LogP contribution < -0.4 is 0 Å². The average Bonchev–Trinajstić information content (AvgIpc) is 3.69. The van der Waals surface area contributed by atoms with Crippen LogP contribution in [0.15, 0.2) is 0 Å². The molecule has 8 saturated carbocycles. The van der Waals surface area contributed by atoms with Gasteiger partial charge >= 0.3 is 0 Å². The number of rotatable bonds is 12. The molecule has 0 amide bonds. The van der Waals surface area contributed by atoms with Gasteiger partial charge in [0.2, 0.25) is 0 Å². The van der Waals surface area contributed by atoms with Crippen LogP contribution in [0.4, 0.5) is 0 Å². The van der Waals surface area contributed by atoms with Gasteiger partial charge in [0.25, 0.3) is 0 Å². The van der Waals surface area contributed by atoms with Crippen molar-refractivity contribution >= 4 is 0 Å². The van der Waals surface area contributed by atoms with Crippen LogP contribution in [0.3, 0.4) is 0 Å². The van der Waals surface area contributed by atoms with Crippen molar-refractivity contribution in [2.45, 2.75) is 235 Å². The third-order valence-electron chi connectivity index (χ3n) is 22.1. The first-order valence-corrected chi connectivity index (χ1v) is 25.9. The summed E-state index contributed by atoms with van der Waals surface area (Å²) in [5, 5.41) is 11.4. The summed E-state index contributed by atoms with van der Waals surface area (Å²) in [5.41, 5.74) is 1.88. The van der Waals surface area contributed by atoms with E-state index >= 15 is 0 Å². The van der Waals surface area contributed by atoms with Crippen molar-refractivity contribution in [1.82, 2.24) is 0 Å². The minimum atomic E-state index is -0.167. The SMILES string of the molecule is CC(C)CCC[C@@H](C)[C@H]1CC[C@H]2[C@@H]3CCC4C[C@@H](O)CC(O[C@H]5CC[C@@]6(C)C(CC[C@H]7[C@@H]8CC[C@H]([C@H](C)CCCC(C)C)[C@@]8(C)CC[C@@H]76)C5)[C@]4(C)[C@H]3CC[C@]12C. The third-order valence-corrected chi connectivity index (χ3v) is 22.1. The van der Waals surface area contributed by atoms with Crippen LogP contribution in [0, 0.1) is 105 Å². The Hall–Kier alpha value is -0.0800. The normalized spacial score (nSPS) is 51.1. The Morgan fingerprint density at radius 1 is 0.500 bits per heavy atom. The second kappa shape index (κ2) is 16.3. The maximum absolute atomic E-state index is 11.4. The smallest absolute Gasteiger partial charge is 0.0662 e. The topological polar surface area (TPSA) is 29.5 Å². The first-order valence-electron chi connectivity index (χ1n) is 25.9. The van der Waals surface area contributed by atoms with Gasteiger partial charge in [0.1, 0.15) is 0 Å². The highest BCUT2D eigenvalue weighted by molar-refractivity contribution is 5.13. The van der Waals surface area contributed by atoms with E-state index in [2.05, 4.69) is 69.2 Å². The third kappa shape index (κ3) is 7.29. The predicted octanol–water partition coefficient (Wildman–Crippen LogP) is 15.0. The Kier molecular flexibility index (Phi) is 12.4. The molecule has 0 bridgehead atoms. The molecule has 0 aromatic rings. The molecule has 0 aliphatic heterocycles. The Labute approximate surface area is 348 Å². The highest BCUT2D eigenvalue weighted by Gasteiger charge is 2.64. The summed E-state index contributed by atoms with van der Waals surface area (Å²) in [6.45, 7) is 25.9. The Balaban J connectivity index is 0.921. The lowest BCUT2D eigenvalue weighted by atomic mass is 9.43. The van der Waals surface area contributed by atoms with Crippen LogP contribution >= 0.6 is 0 Å². The molecule has 0 spiro atoms. The van der Waals surface area contributed by atoms with Gasteiger partial charge in [-0.15, -0.1) is 0 Å². The first-order chi connectivity index (χ1) is 26.6. The Bertz CT molecular complexity index is 1320. The zero-order chi connectivity index (χ0) is 39.8. The fourth-order valence-corrected chi connectivity index (χ4v) is 19.1. The molecule has 0 radical (unpaired) electrons. The minimum Gasteiger partial charge on any atom is -0.393 e. The molecule has 8 rings (SSSR count). The highest BCUT2D eigenvalue weighted by Crippen LogP contribution is 2.71. The first kappa shape index (κ1) is 42.6. The number of ether oxygens (including phenoxy) is 1. The molecule has 8 aliphatic rings. The average molecular weight is 775 g/mol. The van der Waals surface area contributed by atoms with Crippen LogP contribution in [0.5, 0.6) is 0 Å². The zero-order valence-corrected chi connectivity index (χ0v) is 38.9. The molecular formula is C54H94O2. The monoisotopic (exact) mass is 775 g/mol. The van der Waals surface area contributed by atoms with Crippen molar-refractivity contribution in [3.8, 4) is 0 Å². The van der Waals surface area contributed by atoms with Gasteiger partial charge in [-0.25, -0.2) is 0 Å². The molecule has 1 N–H and O–H groups in total. The maximum Gasteiger partial charge on any atom is 0.0662 e. The molecule has 0 aromatic heterocycles. The molecule has 19 atom stereocenters. The molecule has 0 aromatic carbocycles.